The molecule has 41 heavy (non-hydrogen) atoms. The van der Waals surface area contributed by atoms with E-state index in [-0.39, 0.29) is 30.5 Å². The summed E-state index contributed by atoms with van der Waals surface area (Å²) >= 11 is 1.22. The minimum Gasteiger partial charge on any atom is -0.493 e. The molecule has 1 aromatic heterocycles. The van der Waals surface area contributed by atoms with Crippen molar-refractivity contribution in [2.24, 2.45) is 4.99 Å². The van der Waals surface area contributed by atoms with Gasteiger partial charge in [-0.1, -0.05) is 29.5 Å². The minimum absolute atomic E-state index is 0.0712. The number of methoxy groups -OCH3 is 2. The van der Waals surface area contributed by atoms with Gasteiger partial charge in [0.25, 0.3) is 5.56 Å². The highest BCUT2D eigenvalue weighted by Gasteiger charge is 2.34. The van der Waals surface area contributed by atoms with Gasteiger partial charge in [-0.05, 0) is 69.2 Å². The third kappa shape index (κ3) is 6.51. The molecule has 2 heterocycles. The van der Waals surface area contributed by atoms with Crippen molar-refractivity contribution in [2.45, 2.75) is 39.8 Å². The van der Waals surface area contributed by atoms with Crippen molar-refractivity contribution >= 4 is 29.4 Å². The summed E-state index contributed by atoms with van der Waals surface area (Å²) in [5, 5.41) is 0. The van der Waals surface area contributed by atoms with Gasteiger partial charge in [0.15, 0.2) is 22.9 Å². The fourth-order valence-corrected chi connectivity index (χ4v) is 5.37. The van der Waals surface area contributed by atoms with Crippen molar-refractivity contribution in [1.29, 1.82) is 0 Å². The largest absolute Gasteiger partial charge is 0.493 e. The van der Waals surface area contributed by atoms with Gasteiger partial charge in [-0.15, -0.1) is 0 Å². The molecule has 11 heteroatoms. The molecule has 1 aliphatic rings. The average molecular weight is 581 g/mol. The van der Waals surface area contributed by atoms with Crippen molar-refractivity contribution in [3.8, 4) is 17.2 Å². The summed E-state index contributed by atoms with van der Waals surface area (Å²) in [6.45, 7) is 7.27. The van der Waals surface area contributed by atoms with E-state index in [2.05, 4.69) is 9.73 Å². The average Bonchev–Trinajstić information content (AvgIpc) is 3.25. The predicted octanol–water partition coefficient (Wildman–Crippen LogP) is 3.15. The van der Waals surface area contributed by atoms with Crippen LogP contribution in [0, 0.1) is 0 Å². The number of fused-ring (bicyclic) bond motifs is 1. The van der Waals surface area contributed by atoms with Crippen molar-refractivity contribution in [1.82, 2.24) is 4.57 Å². The molecule has 3 aromatic rings. The smallest absolute Gasteiger partial charge is 0.343 e. The molecule has 216 valence electrons. The number of rotatable bonds is 10. The molecule has 4 rings (SSSR count). The molecular weight excluding hydrogens is 548 g/mol. The third-order valence-corrected chi connectivity index (χ3v) is 7.13. The number of ether oxygens (including phenoxy) is 5. The lowest BCUT2D eigenvalue weighted by Gasteiger charge is -2.25. The van der Waals surface area contributed by atoms with E-state index in [1.165, 1.54) is 30.1 Å². The summed E-state index contributed by atoms with van der Waals surface area (Å²) in [4.78, 5) is 43.4. The maximum Gasteiger partial charge on any atom is 0.343 e. The normalized spacial score (nSPS) is 14.8. The van der Waals surface area contributed by atoms with Gasteiger partial charge >= 0.3 is 11.9 Å². The monoisotopic (exact) mass is 580 g/mol. The van der Waals surface area contributed by atoms with Gasteiger partial charge in [-0.3, -0.25) is 9.36 Å². The maximum atomic E-state index is 13.9. The van der Waals surface area contributed by atoms with Gasteiger partial charge < -0.3 is 23.7 Å². The summed E-state index contributed by atoms with van der Waals surface area (Å²) in [5.41, 5.74) is 1.83. The van der Waals surface area contributed by atoms with Gasteiger partial charge in [0, 0.05) is 0 Å². The van der Waals surface area contributed by atoms with Gasteiger partial charge in [-0.25, -0.2) is 14.6 Å². The fraction of sp³-hybridized carbons (Fsp3) is 0.333. The standard InChI is InChI=1S/C30H32N2O8S/c1-7-38-29(35)26-18(4)31-30-32(27(26)20-10-13-22(40-17(2)3)23(15-20)36-5)28(34)24(41-30)14-19-8-11-21(12-9-19)39-16-25(33)37-6/h8-15,17,27H,7,16H2,1-6H3/b24-14-/t27-/m1/s1. The zero-order valence-electron chi connectivity index (χ0n) is 23.8. The molecule has 2 aromatic carbocycles. The quantitative estimate of drug-likeness (QED) is 0.336. The second-order valence-electron chi connectivity index (χ2n) is 9.31. The Hall–Kier alpha value is -4.38. The van der Waals surface area contributed by atoms with Crippen LogP contribution >= 0.6 is 11.3 Å². The number of benzene rings is 2. The first-order valence-corrected chi connectivity index (χ1v) is 13.8. The molecule has 1 aliphatic heterocycles. The molecule has 0 amide bonds. The number of carbonyl (C=O) groups excluding carboxylic acids is 2. The van der Waals surface area contributed by atoms with Crippen LogP contribution in [0.15, 0.2) is 63.5 Å². The molecule has 0 unspecified atom stereocenters. The fourth-order valence-electron chi connectivity index (χ4n) is 4.33. The molecule has 0 spiro atoms. The van der Waals surface area contributed by atoms with Gasteiger partial charge in [0.05, 0.1) is 48.8 Å². The number of allylic oxidation sites excluding steroid dienone is 1. The summed E-state index contributed by atoms with van der Waals surface area (Å²) in [6, 6.07) is 11.5. The summed E-state index contributed by atoms with van der Waals surface area (Å²) in [7, 11) is 2.83. The molecule has 0 aliphatic carbocycles. The lowest BCUT2D eigenvalue weighted by molar-refractivity contribution is -0.143. The second-order valence-corrected chi connectivity index (χ2v) is 10.3. The molecule has 0 radical (unpaired) electrons. The number of hydrogen-bond donors (Lipinski definition) is 0. The topological polar surface area (TPSA) is 115 Å². The molecule has 0 bridgehead atoms. The minimum atomic E-state index is -0.788. The van der Waals surface area contributed by atoms with E-state index in [4.69, 9.17) is 18.9 Å². The Kier molecular flexibility index (Phi) is 9.28. The van der Waals surface area contributed by atoms with Crippen molar-refractivity contribution in [3.63, 3.8) is 0 Å². The van der Waals surface area contributed by atoms with E-state index in [1.807, 2.05) is 19.9 Å². The molecular formula is C30H32N2O8S. The first kappa shape index (κ1) is 29.6. The van der Waals surface area contributed by atoms with Gasteiger partial charge in [0.2, 0.25) is 0 Å². The molecule has 0 saturated carbocycles. The van der Waals surface area contributed by atoms with Gasteiger partial charge in [0.1, 0.15) is 5.75 Å². The number of nitrogens with zero attached hydrogens (tertiary/aromatic N) is 2. The molecule has 10 nitrogen and oxygen atoms in total. The van der Waals surface area contributed by atoms with Crippen LogP contribution in [0.25, 0.3) is 6.08 Å². The number of thiazole rings is 1. The molecule has 1 atom stereocenters. The van der Waals surface area contributed by atoms with Crippen LogP contribution in [0.3, 0.4) is 0 Å². The predicted molar refractivity (Wildman–Crippen MR) is 153 cm³/mol. The Labute approximate surface area is 241 Å². The van der Waals surface area contributed by atoms with Crippen molar-refractivity contribution < 1.29 is 33.3 Å². The zero-order valence-corrected chi connectivity index (χ0v) is 24.6. The number of esters is 2. The van der Waals surface area contributed by atoms with E-state index in [0.717, 1.165) is 5.56 Å². The SMILES string of the molecule is CCOC(=O)C1=C(C)N=c2s/c(=C\c3ccc(OCC(=O)OC)cc3)c(=O)n2[C@@H]1c1ccc(OC(C)C)c(OC)c1. The zero-order chi connectivity index (χ0) is 29.7. The van der Waals surface area contributed by atoms with E-state index < -0.39 is 18.0 Å². The van der Waals surface area contributed by atoms with E-state index >= 15 is 0 Å². The Morgan fingerprint density at radius 2 is 1.83 bits per heavy atom. The van der Waals surface area contributed by atoms with Crippen LogP contribution in [0.4, 0.5) is 0 Å². The van der Waals surface area contributed by atoms with Crippen molar-refractivity contribution in [3.05, 3.63) is 84.5 Å². The van der Waals surface area contributed by atoms with Crippen LogP contribution in [0.1, 0.15) is 44.9 Å². The van der Waals surface area contributed by atoms with Crippen LogP contribution in [0.5, 0.6) is 17.2 Å². The lowest BCUT2D eigenvalue weighted by atomic mass is 9.95. The summed E-state index contributed by atoms with van der Waals surface area (Å²) < 4.78 is 28.8. The Morgan fingerprint density at radius 3 is 2.46 bits per heavy atom. The first-order valence-electron chi connectivity index (χ1n) is 13.0. The van der Waals surface area contributed by atoms with E-state index in [1.54, 1.807) is 56.3 Å². The Morgan fingerprint density at radius 1 is 1.10 bits per heavy atom. The Balaban J connectivity index is 1.81. The van der Waals surface area contributed by atoms with Crippen LogP contribution in [-0.2, 0) is 19.1 Å². The lowest BCUT2D eigenvalue weighted by Crippen LogP contribution is -2.40. The number of hydrogen-bond acceptors (Lipinski definition) is 10. The third-order valence-electron chi connectivity index (χ3n) is 6.15. The maximum absolute atomic E-state index is 13.9. The highest BCUT2D eigenvalue weighted by molar-refractivity contribution is 7.07. The van der Waals surface area contributed by atoms with Crippen LogP contribution < -0.4 is 29.1 Å². The van der Waals surface area contributed by atoms with Crippen LogP contribution in [-0.4, -0.2) is 50.0 Å². The highest BCUT2D eigenvalue weighted by atomic mass is 32.1. The van der Waals surface area contributed by atoms with Crippen LogP contribution in [0.2, 0.25) is 0 Å². The highest BCUT2D eigenvalue weighted by Crippen LogP contribution is 2.36. The second kappa shape index (κ2) is 12.9. The Bertz CT molecular complexity index is 1650. The van der Waals surface area contributed by atoms with Gasteiger partial charge in [-0.2, -0.15) is 0 Å². The summed E-state index contributed by atoms with van der Waals surface area (Å²) in [5.74, 6) is 0.489. The first-order chi connectivity index (χ1) is 19.7. The van der Waals surface area contributed by atoms with E-state index in [0.29, 0.717) is 37.8 Å². The molecule has 0 fully saturated rings. The number of aromatic nitrogens is 1. The molecule has 0 N–H and O–H groups in total. The van der Waals surface area contributed by atoms with Crippen molar-refractivity contribution in [2.75, 3.05) is 27.4 Å². The van der Waals surface area contributed by atoms with E-state index in [9.17, 15) is 14.4 Å². The summed E-state index contributed by atoms with van der Waals surface area (Å²) in [6.07, 6.45) is 1.67. The number of carbonyl (C=O) groups is 2. The molecule has 0 saturated heterocycles.